The topological polar surface area (TPSA) is 101 Å². The molecule has 2 atom stereocenters. The Bertz CT molecular complexity index is 700. The molecule has 2 aliphatic heterocycles. The number of carbonyl (C=O) groups is 2. The Morgan fingerprint density at radius 2 is 2.23 bits per heavy atom. The van der Waals surface area contributed by atoms with Crippen molar-refractivity contribution in [3.63, 3.8) is 0 Å². The van der Waals surface area contributed by atoms with Crippen LogP contribution in [0, 0.1) is 17.4 Å². The zero-order valence-electron chi connectivity index (χ0n) is 14.9. The molecule has 9 heteroatoms. The molecule has 0 saturated carbocycles. The van der Waals surface area contributed by atoms with Crippen LogP contribution in [0.1, 0.15) is 32.6 Å². The van der Waals surface area contributed by atoms with E-state index in [4.69, 9.17) is 5.26 Å². The van der Waals surface area contributed by atoms with Crippen LogP contribution < -0.4 is 15.5 Å². The Hall–Kier alpha value is -2.34. The van der Waals surface area contributed by atoms with Crippen molar-refractivity contribution in [1.29, 1.82) is 5.26 Å². The van der Waals surface area contributed by atoms with Gasteiger partial charge in [0.2, 0.25) is 11.8 Å². The third-order valence-corrected chi connectivity index (χ3v) is 5.87. The van der Waals surface area contributed by atoms with Gasteiger partial charge in [-0.3, -0.25) is 9.59 Å². The molecular weight excluding hydrogens is 352 g/mol. The summed E-state index contributed by atoms with van der Waals surface area (Å²) in [4.78, 5) is 31.8. The first-order valence-corrected chi connectivity index (χ1v) is 9.81. The molecule has 1 aromatic heterocycles. The summed E-state index contributed by atoms with van der Waals surface area (Å²) in [5.41, 5.74) is 0. The number of piperidine rings is 1. The van der Waals surface area contributed by atoms with E-state index in [0.29, 0.717) is 31.2 Å². The van der Waals surface area contributed by atoms with Crippen molar-refractivity contribution in [3.05, 3.63) is 6.20 Å². The highest BCUT2D eigenvalue weighted by atomic mass is 32.1. The second kappa shape index (κ2) is 8.36. The van der Waals surface area contributed by atoms with E-state index < -0.39 is 0 Å². The van der Waals surface area contributed by atoms with E-state index in [0.717, 1.165) is 30.8 Å². The highest BCUT2D eigenvalue weighted by Gasteiger charge is 2.29. The van der Waals surface area contributed by atoms with E-state index in [1.54, 1.807) is 11.1 Å². The highest BCUT2D eigenvalue weighted by molar-refractivity contribution is 7.19. The Morgan fingerprint density at radius 1 is 1.38 bits per heavy atom. The number of rotatable bonds is 5. The normalized spacial score (nSPS) is 22.8. The van der Waals surface area contributed by atoms with Gasteiger partial charge in [-0.05, 0) is 25.7 Å². The van der Waals surface area contributed by atoms with Gasteiger partial charge in [0.15, 0.2) is 11.3 Å². The van der Waals surface area contributed by atoms with E-state index >= 15 is 0 Å². The predicted octanol–water partition coefficient (Wildman–Crippen LogP) is 1.38. The molecule has 2 N–H and O–H groups in total. The molecule has 8 nitrogen and oxygen atoms in total. The van der Waals surface area contributed by atoms with Gasteiger partial charge in [0.25, 0.3) is 0 Å². The van der Waals surface area contributed by atoms with Crippen LogP contribution in [0.5, 0.6) is 0 Å². The maximum absolute atomic E-state index is 12.4. The van der Waals surface area contributed by atoms with Gasteiger partial charge in [-0.15, -0.1) is 0 Å². The molecule has 0 bridgehead atoms. The summed E-state index contributed by atoms with van der Waals surface area (Å²) in [6.45, 7) is 4.20. The summed E-state index contributed by atoms with van der Waals surface area (Å²) in [5.74, 6) is -0.252. The van der Waals surface area contributed by atoms with E-state index in [9.17, 15) is 9.59 Å². The summed E-state index contributed by atoms with van der Waals surface area (Å²) in [6.07, 6.45) is 7.88. The summed E-state index contributed by atoms with van der Waals surface area (Å²) in [7, 11) is 0. The number of thiazole rings is 1. The number of nitrogens with one attached hydrogen (secondary N) is 2. The van der Waals surface area contributed by atoms with Crippen molar-refractivity contribution in [1.82, 2.24) is 15.2 Å². The molecule has 1 aromatic rings. The van der Waals surface area contributed by atoms with E-state index in [2.05, 4.69) is 26.7 Å². The third kappa shape index (κ3) is 4.43. The first-order chi connectivity index (χ1) is 12.6. The van der Waals surface area contributed by atoms with Crippen molar-refractivity contribution in [3.8, 4) is 6.19 Å². The van der Waals surface area contributed by atoms with Gasteiger partial charge in [0.05, 0.1) is 12.1 Å². The summed E-state index contributed by atoms with van der Waals surface area (Å²) < 4.78 is 0. The Morgan fingerprint density at radius 3 is 2.96 bits per heavy atom. The first kappa shape index (κ1) is 18.5. The quantitative estimate of drug-likeness (QED) is 0.753. The van der Waals surface area contributed by atoms with Crippen LogP contribution in [0.25, 0.3) is 0 Å². The van der Waals surface area contributed by atoms with Crippen molar-refractivity contribution < 1.29 is 9.59 Å². The minimum Gasteiger partial charge on any atom is -0.357 e. The van der Waals surface area contributed by atoms with Gasteiger partial charge < -0.3 is 20.4 Å². The SMILES string of the molecule is CC(=O)NCC1CCCCN1c1cnc(NC(=O)C2CCN(C#N)C2)s1. The number of aromatic nitrogens is 1. The fraction of sp³-hybridized carbons (Fsp3) is 0.647. The zero-order chi connectivity index (χ0) is 18.5. The second-order valence-corrected chi connectivity index (χ2v) is 7.81. The maximum Gasteiger partial charge on any atom is 0.231 e. The number of anilines is 2. The molecular formula is C17H24N6O2S. The molecule has 2 saturated heterocycles. The van der Waals surface area contributed by atoms with Crippen LogP contribution in [0.3, 0.4) is 0 Å². The van der Waals surface area contributed by atoms with Crippen LogP contribution in [0.15, 0.2) is 6.20 Å². The minimum absolute atomic E-state index is 0.0178. The van der Waals surface area contributed by atoms with Gasteiger partial charge in [0.1, 0.15) is 5.00 Å². The fourth-order valence-electron chi connectivity index (χ4n) is 3.49. The monoisotopic (exact) mass is 376 g/mol. The number of nitrogens with zero attached hydrogens (tertiary/aromatic N) is 4. The fourth-order valence-corrected chi connectivity index (χ4v) is 4.41. The molecule has 26 heavy (non-hydrogen) atoms. The summed E-state index contributed by atoms with van der Waals surface area (Å²) in [6, 6.07) is 0.260. The molecule has 0 spiro atoms. The summed E-state index contributed by atoms with van der Waals surface area (Å²) in [5, 5.41) is 16.3. The predicted molar refractivity (Wildman–Crippen MR) is 99.7 cm³/mol. The van der Waals surface area contributed by atoms with Crippen LogP contribution in [0.4, 0.5) is 10.1 Å². The number of nitriles is 1. The lowest BCUT2D eigenvalue weighted by molar-refractivity contribution is -0.120. The average molecular weight is 376 g/mol. The second-order valence-electron chi connectivity index (χ2n) is 6.80. The molecule has 3 heterocycles. The lowest BCUT2D eigenvalue weighted by Crippen LogP contribution is -2.46. The van der Waals surface area contributed by atoms with Crippen LogP contribution >= 0.6 is 11.3 Å². The molecule has 0 aliphatic carbocycles. The van der Waals surface area contributed by atoms with Crippen molar-refractivity contribution in [2.24, 2.45) is 5.92 Å². The number of hydrogen-bond acceptors (Lipinski definition) is 7. The molecule has 140 valence electrons. The maximum atomic E-state index is 12.4. The molecule has 0 radical (unpaired) electrons. The highest BCUT2D eigenvalue weighted by Crippen LogP contribution is 2.32. The van der Waals surface area contributed by atoms with Gasteiger partial charge in [-0.2, -0.15) is 5.26 Å². The molecule has 2 fully saturated rings. The van der Waals surface area contributed by atoms with E-state index in [1.807, 2.05) is 0 Å². The van der Waals surface area contributed by atoms with Crippen LogP contribution in [0.2, 0.25) is 0 Å². The van der Waals surface area contributed by atoms with Gasteiger partial charge in [0, 0.05) is 39.1 Å². The molecule has 0 aromatic carbocycles. The number of amides is 2. The minimum atomic E-state index is -0.162. The smallest absolute Gasteiger partial charge is 0.231 e. The summed E-state index contributed by atoms with van der Waals surface area (Å²) >= 11 is 1.46. The molecule has 2 unspecified atom stereocenters. The molecule has 2 amide bonds. The van der Waals surface area contributed by atoms with Gasteiger partial charge >= 0.3 is 0 Å². The van der Waals surface area contributed by atoms with E-state index in [1.165, 1.54) is 18.3 Å². The Balaban J connectivity index is 1.60. The van der Waals surface area contributed by atoms with Crippen LogP contribution in [-0.2, 0) is 9.59 Å². The van der Waals surface area contributed by atoms with Crippen molar-refractivity contribution in [2.75, 3.05) is 36.4 Å². The van der Waals surface area contributed by atoms with Crippen molar-refractivity contribution in [2.45, 2.75) is 38.6 Å². The average Bonchev–Trinajstić information content (AvgIpc) is 3.29. The number of hydrogen-bond donors (Lipinski definition) is 2. The largest absolute Gasteiger partial charge is 0.357 e. The number of likely N-dealkylation sites (tertiary alicyclic amines) is 1. The zero-order valence-corrected chi connectivity index (χ0v) is 15.7. The first-order valence-electron chi connectivity index (χ1n) is 8.99. The van der Waals surface area contributed by atoms with Gasteiger partial charge in [-0.25, -0.2) is 4.98 Å². The Labute approximate surface area is 157 Å². The third-order valence-electron chi connectivity index (χ3n) is 4.92. The molecule has 2 aliphatic rings. The lowest BCUT2D eigenvalue weighted by atomic mass is 10.0. The number of carbonyl (C=O) groups excluding carboxylic acids is 2. The Kier molecular flexibility index (Phi) is 5.93. The van der Waals surface area contributed by atoms with Crippen LogP contribution in [-0.4, -0.2) is 53.9 Å². The molecule has 3 rings (SSSR count). The van der Waals surface area contributed by atoms with E-state index in [-0.39, 0.29) is 23.8 Å². The van der Waals surface area contributed by atoms with Crippen molar-refractivity contribution >= 4 is 33.3 Å². The van der Waals surface area contributed by atoms with Gasteiger partial charge in [-0.1, -0.05) is 11.3 Å². The standard InChI is InChI=1S/C17H24N6O2S/c1-12(24)19-8-14-4-2-3-6-23(14)15-9-20-17(26-15)21-16(25)13-5-7-22(10-13)11-18/h9,13-14H,2-8,10H2,1H3,(H,19,24)(H,20,21,25). The lowest BCUT2D eigenvalue weighted by Gasteiger charge is -2.36.